The summed E-state index contributed by atoms with van der Waals surface area (Å²) in [5, 5.41) is 3.69. The van der Waals surface area contributed by atoms with Crippen molar-refractivity contribution in [3.05, 3.63) is 76.2 Å². The highest BCUT2D eigenvalue weighted by Gasteiger charge is 2.30. The number of allylic oxidation sites excluding steroid dienone is 1. The summed E-state index contributed by atoms with van der Waals surface area (Å²) in [6.45, 7) is 3.77. The van der Waals surface area contributed by atoms with Gasteiger partial charge in [-0.2, -0.15) is 0 Å². The van der Waals surface area contributed by atoms with Gasteiger partial charge in [0.05, 0.1) is 19.1 Å². The normalized spacial score (nSPS) is 13.8. The molecule has 7 nitrogen and oxygen atoms in total. The Morgan fingerprint density at radius 1 is 1.16 bits per heavy atom. The maximum atomic E-state index is 12.8. The van der Waals surface area contributed by atoms with Crippen LogP contribution in [0.1, 0.15) is 39.2 Å². The highest BCUT2D eigenvalue weighted by molar-refractivity contribution is 6.15. The van der Waals surface area contributed by atoms with Crippen molar-refractivity contribution in [1.82, 2.24) is 5.16 Å². The number of aryl methyl sites for hydroxylation is 3. The van der Waals surface area contributed by atoms with E-state index in [2.05, 4.69) is 5.16 Å². The number of ether oxygens (including phenoxy) is 3. The molecule has 0 aliphatic carbocycles. The van der Waals surface area contributed by atoms with Gasteiger partial charge in [-0.25, -0.2) is 0 Å². The van der Waals surface area contributed by atoms with E-state index in [0.29, 0.717) is 40.7 Å². The number of aromatic nitrogens is 1. The summed E-state index contributed by atoms with van der Waals surface area (Å²) in [4.78, 5) is 25.0. The van der Waals surface area contributed by atoms with E-state index in [0.717, 1.165) is 11.1 Å². The Morgan fingerprint density at radius 2 is 2.00 bits per heavy atom. The van der Waals surface area contributed by atoms with E-state index in [1.807, 2.05) is 31.2 Å². The Morgan fingerprint density at radius 3 is 2.74 bits per heavy atom. The number of hydrogen-bond acceptors (Lipinski definition) is 7. The van der Waals surface area contributed by atoms with Crippen LogP contribution in [-0.2, 0) is 11.2 Å². The van der Waals surface area contributed by atoms with Crippen LogP contribution in [0.2, 0.25) is 0 Å². The van der Waals surface area contributed by atoms with Crippen LogP contribution in [0.3, 0.4) is 0 Å². The Bertz CT molecular complexity index is 1190. The van der Waals surface area contributed by atoms with Crippen LogP contribution >= 0.6 is 0 Å². The van der Waals surface area contributed by atoms with Crippen molar-refractivity contribution in [3.63, 3.8) is 0 Å². The monoisotopic (exact) mass is 419 g/mol. The smallest absolute Gasteiger partial charge is 0.311 e. The van der Waals surface area contributed by atoms with Gasteiger partial charge in [0.15, 0.2) is 5.76 Å². The van der Waals surface area contributed by atoms with Gasteiger partial charge in [0.25, 0.3) is 5.88 Å². The van der Waals surface area contributed by atoms with Gasteiger partial charge in [0.1, 0.15) is 17.3 Å². The highest BCUT2D eigenvalue weighted by Crippen LogP contribution is 2.37. The minimum Gasteiger partial charge on any atom is -0.479 e. The molecule has 0 radical (unpaired) electrons. The molecule has 1 aliphatic rings. The number of rotatable bonds is 6. The molecule has 0 atom stereocenters. The van der Waals surface area contributed by atoms with E-state index in [1.54, 1.807) is 31.2 Å². The SMILES string of the molecule is COc1cc(CCC(=O)Oc2cc(C)c3c(c2)O/C(=C\c2cccc(C)c2)C3=O)on1. The van der Waals surface area contributed by atoms with Gasteiger partial charge in [0, 0.05) is 18.6 Å². The summed E-state index contributed by atoms with van der Waals surface area (Å²) in [6.07, 6.45) is 2.15. The van der Waals surface area contributed by atoms with Crippen molar-refractivity contribution in [2.75, 3.05) is 7.11 Å². The van der Waals surface area contributed by atoms with Gasteiger partial charge in [-0.1, -0.05) is 29.8 Å². The lowest BCUT2D eigenvalue weighted by Gasteiger charge is -2.07. The molecule has 0 spiro atoms. The fraction of sp³-hybridized carbons (Fsp3) is 0.208. The van der Waals surface area contributed by atoms with Crippen LogP contribution in [0.25, 0.3) is 6.08 Å². The molecule has 0 fully saturated rings. The van der Waals surface area contributed by atoms with E-state index < -0.39 is 5.97 Å². The molecule has 1 aliphatic heterocycles. The molecule has 7 heteroatoms. The van der Waals surface area contributed by atoms with Gasteiger partial charge >= 0.3 is 5.97 Å². The number of carbonyl (C=O) groups excluding carboxylic acids is 2. The van der Waals surface area contributed by atoms with Crippen LogP contribution in [-0.4, -0.2) is 24.0 Å². The fourth-order valence-corrected chi connectivity index (χ4v) is 3.36. The molecule has 0 saturated carbocycles. The molecular weight excluding hydrogens is 398 g/mol. The lowest BCUT2D eigenvalue weighted by molar-refractivity contribution is -0.134. The summed E-state index contributed by atoms with van der Waals surface area (Å²) >= 11 is 0. The Kier molecular flexibility index (Phi) is 5.58. The molecule has 0 saturated heterocycles. The molecule has 3 aromatic rings. The zero-order valence-corrected chi connectivity index (χ0v) is 17.4. The van der Waals surface area contributed by atoms with E-state index in [9.17, 15) is 9.59 Å². The first-order valence-electron chi connectivity index (χ1n) is 9.79. The lowest BCUT2D eigenvalue weighted by Crippen LogP contribution is -2.09. The summed E-state index contributed by atoms with van der Waals surface area (Å²) in [5.41, 5.74) is 3.13. The quantitative estimate of drug-likeness (QED) is 0.331. The summed E-state index contributed by atoms with van der Waals surface area (Å²) in [5.74, 6) is 1.20. The number of nitrogens with zero attached hydrogens (tertiary/aromatic N) is 1. The average Bonchev–Trinajstić information content (AvgIpc) is 3.31. The fourth-order valence-electron chi connectivity index (χ4n) is 3.36. The van der Waals surface area contributed by atoms with Crippen molar-refractivity contribution in [3.8, 4) is 17.4 Å². The molecule has 1 aromatic heterocycles. The minimum atomic E-state index is -0.436. The number of benzene rings is 2. The molecule has 0 unspecified atom stereocenters. The van der Waals surface area contributed by atoms with Crippen molar-refractivity contribution in [2.24, 2.45) is 0 Å². The van der Waals surface area contributed by atoms with Gasteiger partial charge in [-0.3, -0.25) is 9.59 Å². The Labute approximate surface area is 179 Å². The second-order valence-electron chi connectivity index (χ2n) is 7.28. The Balaban J connectivity index is 1.46. The second kappa shape index (κ2) is 8.47. The molecule has 0 amide bonds. The highest BCUT2D eigenvalue weighted by atomic mass is 16.5. The maximum Gasteiger partial charge on any atom is 0.311 e. The molecule has 0 N–H and O–H groups in total. The van der Waals surface area contributed by atoms with Crippen molar-refractivity contribution in [2.45, 2.75) is 26.7 Å². The van der Waals surface area contributed by atoms with Crippen LogP contribution in [0, 0.1) is 13.8 Å². The largest absolute Gasteiger partial charge is 0.479 e. The first-order valence-corrected chi connectivity index (χ1v) is 9.79. The molecular formula is C24H21NO6. The van der Waals surface area contributed by atoms with E-state index >= 15 is 0 Å². The zero-order valence-electron chi connectivity index (χ0n) is 17.4. The molecule has 4 rings (SSSR count). The number of ketones is 1. The van der Waals surface area contributed by atoms with Gasteiger partial charge in [0.2, 0.25) is 5.78 Å². The minimum absolute atomic E-state index is 0.104. The van der Waals surface area contributed by atoms with Crippen LogP contribution < -0.4 is 14.2 Å². The van der Waals surface area contributed by atoms with E-state index in [4.69, 9.17) is 18.7 Å². The third kappa shape index (κ3) is 4.50. The second-order valence-corrected chi connectivity index (χ2v) is 7.28. The first kappa shape index (κ1) is 20.4. The average molecular weight is 419 g/mol. The molecule has 31 heavy (non-hydrogen) atoms. The summed E-state index contributed by atoms with van der Waals surface area (Å²) < 4.78 is 21.2. The number of fused-ring (bicyclic) bond motifs is 1. The maximum absolute atomic E-state index is 12.8. The van der Waals surface area contributed by atoms with Crippen molar-refractivity contribution in [1.29, 1.82) is 0 Å². The third-order valence-corrected chi connectivity index (χ3v) is 4.84. The number of esters is 1. The van der Waals surface area contributed by atoms with Crippen LogP contribution in [0.4, 0.5) is 0 Å². The number of hydrogen-bond donors (Lipinski definition) is 0. The molecule has 0 bridgehead atoms. The third-order valence-electron chi connectivity index (χ3n) is 4.84. The topological polar surface area (TPSA) is 87.9 Å². The molecule has 2 heterocycles. The van der Waals surface area contributed by atoms with Crippen molar-refractivity contribution >= 4 is 17.8 Å². The predicted octanol–water partition coefficient (Wildman–Crippen LogP) is 4.45. The number of Topliss-reactive ketones (excluding diaryl/α,β-unsaturated/α-hetero) is 1. The number of methoxy groups -OCH3 is 1. The van der Waals surface area contributed by atoms with Crippen LogP contribution in [0.5, 0.6) is 17.4 Å². The summed E-state index contributed by atoms with van der Waals surface area (Å²) in [7, 11) is 1.49. The predicted molar refractivity (Wildman–Crippen MR) is 112 cm³/mol. The van der Waals surface area contributed by atoms with E-state index in [-0.39, 0.29) is 18.0 Å². The Hall–Kier alpha value is -3.87. The lowest BCUT2D eigenvalue weighted by atomic mass is 10.0. The van der Waals surface area contributed by atoms with Gasteiger partial charge < -0.3 is 18.7 Å². The van der Waals surface area contributed by atoms with Gasteiger partial charge in [-0.15, -0.1) is 0 Å². The molecule has 2 aromatic carbocycles. The van der Waals surface area contributed by atoms with E-state index in [1.165, 1.54) is 7.11 Å². The first-order chi connectivity index (χ1) is 14.9. The van der Waals surface area contributed by atoms with Crippen molar-refractivity contribution < 1.29 is 28.3 Å². The number of carbonyl (C=O) groups is 2. The summed E-state index contributed by atoms with van der Waals surface area (Å²) in [6, 6.07) is 12.6. The zero-order chi connectivity index (χ0) is 22.0. The molecule has 158 valence electrons. The van der Waals surface area contributed by atoms with Gasteiger partial charge in [-0.05, 0) is 42.3 Å². The standard InChI is InChI=1S/C24H21NO6/c1-14-5-4-6-16(9-14)11-20-24(27)23-15(2)10-18(12-19(23)30-20)29-22(26)8-7-17-13-21(28-3)25-31-17/h4-6,9-13H,7-8H2,1-3H3/b20-11-. The van der Waals surface area contributed by atoms with Crippen LogP contribution in [0.15, 0.2) is 52.7 Å².